The van der Waals surface area contributed by atoms with Crippen molar-refractivity contribution in [3.05, 3.63) is 0 Å². The number of hydrogen-bond acceptors (Lipinski definition) is 8. The first-order valence-corrected chi connectivity index (χ1v) is 4.57. The highest BCUT2D eigenvalue weighted by molar-refractivity contribution is 5.83. The Bertz CT molecular complexity index is 304. The molecule has 12 heteroatoms. The summed E-state index contributed by atoms with van der Waals surface area (Å²) >= 11 is 0. The lowest BCUT2D eigenvalue weighted by Crippen LogP contribution is -2.39. The number of hydrogen-bond donors (Lipinski definition) is 8. The van der Waals surface area contributed by atoms with E-state index in [2.05, 4.69) is 0 Å². The predicted molar refractivity (Wildman–Crippen MR) is 54.6 cm³/mol. The number of rotatable bonds is 6. The molecular weight excluding hydrogens is 288 g/mol. The first-order valence-electron chi connectivity index (χ1n) is 4.57. The minimum Gasteiger partial charge on any atom is -0.479 e. The van der Waals surface area contributed by atoms with E-state index >= 15 is 0 Å². The number of carbonyl (C=O) groups is 4. The summed E-state index contributed by atoms with van der Waals surface area (Å²) in [5.41, 5.74) is 0. The lowest BCUT2D eigenvalue weighted by molar-refractivity contribution is -0.165. The summed E-state index contributed by atoms with van der Waals surface area (Å²) in [7, 11) is 0. The summed E-state index contributed by atoms with van der Waals surface area (Å²) in [4.78, 5) is 39.1. The van der Waals surface area contributed by atoms with Gasteiger partial charge in [0.05, 0.1) is 0 Å². The summed E-state index contributed by atoms with van der Waals surface area (Å²) in [5.74, 6) is -7.07. The monoisotopic (exact) mass is 300 g/mol. The fourth-order valence-corrected chi connectivity index (χ4v) is 0.540. The molecule has 116 valence electrons. The second kappa shape index (κ2) is 8.76. The Hall–Kier alpha value is -2.28. The topological polar surface area (TPSA) is 230 Å². The maximum atomic E-state index is 9.77. The van der Waals surface area contributed by atoms with Gasteiger partial charge in [-0.1, -0.05) is 0 Å². The van der Waals surface area contributed by atoms with Gasteiger partial charge < -0.3 is 40.9 Å². The number of aliphatic hydroxyl groups is 4. The predicted octanol–water partition coefficient (Wildman–Crippen LogP) is -4.25. The molecule has 20 heavy (non-hydrogen) atoms. The van der Waals surface area contributed by atoms with Gasteiger partial charge >= 0.3 is 23.9 Å². The molecule has 4 atom stereocenters. The van der Waals surface area contributed by atoms with Crippen molar-refractivity contribution in [2.24, 2.45) is 0 Å². The smallest absolute Gasteiger partial charge is 0.335 e. The molecule has 0 bridgehead atoms. The van der Waals surface area contributed by atoms with Crippen LogP contribution in [0, 0.1) is 0 Å². The summed E-state index contributed by atoms with van der Waals surface area (Å²) in [6.07, 6.45) is -9.06. The molecule has 0 fully saturated rings. The summed E-state index contributed by atoms with van der Waals surface area (Å²) < 4.78 is 0. The summed E-state index contributed by atoms with van der Waals surface area (Å²) in [5, 5.41) is 65.1. The van der Waals surface area contributed by atoms with Crippen LogP contribution in [-0.2, 0) is 19.2 Å². The highest BCUT2D eigenvalue weighted by Crippen LogP contribution is 1.93. The van der Waals surface area contributed by atoms with Crippen LogP contribution >= 0.6 is 0 Å². The lowest BCUT2D eigenvalue weighted by Gasteiger charge is -2.07. The average Bonchev–Trinajstić information content (AvgIpc) is 2.35. The molecule has 0 aromatic carbocycles. The van der Waals surface area contributed by atoms with E-state index in [0.717, 1.165) is 0 Å². The Morgan fingerprint density at radius 3 is 0.600 bits per heavy atom. The zero-order chi connectivity index (χ0) is 16.6. The first kappa shape index (κ1) is 20.0. The molecule has 0 saturated carbocycles. The van der Waals surface area contributed by atoms with Gasteiger partial charge in [0, 0.05) is 0 Å². The Balaban J connectivity index is 0. The van der Waals surface area contributed by atoms with Crippen molar-refractivity contribution >= 4 is 23.9 Å². The van der Waals surface area contributed by atoms with E-state index in [1.807, 2.05) is 0 Å². The Kier molecular flexibility index (Phi) is 8.78. The average molecular weight is 300 g/mol. The molecule has 0 radical (unpaired) electrons. The normalized spacial score (nSPS) is 15.8. The van der Waals surface area contributed by atoms with Crippen LogP contribution in [0.3, 0.4) is 0 Å². The van der Waals surface area contributed by atoms with Crippen LogP contribution in [0.2, 0.25) is 0 Å². The Labute approximate surface area is 109 Å². The Morgan fingerprint density at radius 1 is 0.450 bits per heavy atom. The number of aliphatic hydroxyl groups excluding tert-OH is 4. The molecule has 0 heterocycles. The molecule has 0 spiro atoms. The largest absolute Gasteiger partial charge is 0.479 e. The van der Waals surface area contributed by atoms with Crippen LogP contribution in [0.15, 0.2) is 0 Å². The SMILES string of the molecule is O=C(O)C(O)C(O)C(=O)O.O=C(O)[C@@H](O)[C@H](O)C(=O)O. The van der Waals surface area contributed by atoms with Gasteiger partial charge in [-0.25, -0.2) is 19.2 Å². The van der Waals surface area contributed by atoms with Gasteiger partial charge in [-0.2, -0.15) is 0 Å². The molecule has 0 aliphatic carbocycles. The fraction of sp³-hybridized carbons (Fsp3) is 0.500. The van der Waals surface area contributed by atoms with Crippen LogP contribution in [0.4, 0.5) is 0 Å². The van der Waals surface area contributed by atoms with E-state index < -0.39 is 48.3 Å². The molecule has 12 nitrogen and oxygen atoms in total. The van der Waals surface area contributed by atoms with Gasteiger partial charge in [-0.05, 0) is 0 Å². The molecule has 8 N–H and O–H groups in total. The summed E-state index contributed by atoms with van der Waals surface area (Å²) in [6, 6.07) is 0. The zero-order valence-electron chi connectivity index (χ0n) is 9.52. The maximum absolute atomic E-state index is 9.77. The van der Waals surface area contributed by atoms with E-state index in [1.54, 1.807) is 0 Å². The molecule has 0 aliphatic rings. The molecule has 0 rings (SSSR count). The van der Waals surface area contributed by atoms with Crippen molar-refractivity contribution in [3.8, 4) is 0 Å². The van der Waals surface area contributed by atoms with E-state index in [1.165, 1.54) is 0 Å². The molecule has 2 unspecified atom stereocenters. The molecule has 0 amide bonds. The second-order valence-corrected chi connectivity index (χ2v) is 3.13. The third-order valence-corrected chi connectivity index (χ3v) is 1.61. The molecule has 0 aliphatic heterocycles. The molecule has 0 aromatic heterocycles. The lowest BCUT2D eigenvalue weighted by atomic mass is 10.2. The van der Waals surface area contributed by atoms with Crippen molar-refractivity contribution in [2.45, 2.75) is 24.4 Å². The number of carboxylic acid groups (broad SMARTS) is 4. The van der Waals surface area contributed by atoms with Crippen LogP contribution in [-0.4, -0.2) is 89.1 Å². The van der Waals surface area contributed by atoms with Crippen LogP contribution in [0.1, 0.15) is 0 Å². The van der Waals surface area contributed by atoms with Crippen molar-refractivity contribution in [3.63, 3.8) is 0 Å². The minimum atomic E-state index is -2.27. The molecule has 0 aromatic rings. The van der Waals surface area contributed by atoms with Crippen molar-refractivity contribution < 1.29 is 60.0 Å². The van der Waals surface area contributed by atoms with Crippen LogP contribution in [0.5, 0.6) is 0 Å². The molecular formula is C8H12O12. The van der Waals surface area contributed by atoms with Crippen molar-refractivity contribution in [1.29, 1.82) is 0 Å². The van der Waals surface area contributed by atoms with Gasteiger partial charge in [-0.15, -0.1) is 0 Å². The zero-order valence-corrected chi connectivity index (χ0v) is 9.52. The van der Waals surface area contributed by atoms with Gasteiger partial charge in [0.2, 0.25) is 0 Å². The fourth-order valence-electron chi connectivity index (χ4n) is 0.540. The van der Waals surface area contributed by atoms with Gasteiger partial charge in [0.15, 0.2) is 24.4 Å². The minimum absolute atomic E-state index is 1.77. The van der Waals surface area contributed by atoms with E-state index in [0.29, 0.717) is 0 Å². The van der Waals surface area contributed by atoms with E-state index in [-0.39, 0.29) is 0 Å². The van der Waals surface area contributed by atoms with Gasteiger partial charge in [-0.3, -0.25) is 0 Å². The van der Waals surface area contributed by atoms with E-state index in [9.17, 15) is 19.2 Å². The van der Waals surface area contributed by atoms with E-state index in [4.69, 9.17) is 40.9 Å². The van der Waals surface area contributed by atoms with Crippen LogP contribution in [0.25, 0.3) is 0 Å². The van der Waals surface area contributed by atoms with Crippen molar-refractivity contribution in [2.75, 3.05) is 0 Å². The van der Waals surface area contributed by atoms with Crippen LogP contribution < -0.4 is 0 Å². The van der Waals surface area contributed by atoms with Gasteiger partial charge in [0.1, 0.15) is 0 Å². The maximum Gasteiger partial charge on any atom is 0.335 e. The van der Waals surface area contributed by atoms with Crippen molar-refractivity contribution in [1.82, 2.24) is 0 Å². The second-order valence-electron chi connectivity index (χ2n) is 3.13. The summed E-state index contributed by atoms with van der Waals surface area (Å²) in [6.45, 7) is 0. The highest BCUT2D eigenvalue weighted by Gasteiger charge is 2.30. The number of carboxylic acids is 4. The highest BCUT2D eigenvalue weighted by atomic mass is 16.4. The third kappa shape index (κ3) is 7.22. The van der Waals surface area contributed by atoms with Gasteiger partial charge in [0.25, 0.3) is 0 Å². The standard InChI is InChI=1S/2C4H6O6/c2*5-1(3(7)8)2(6)4(9)10/h2*1-2,5-6H,(H,7,8)(H,9,10)/t1-,2-;/m0./s1. The number of aliphatic carboxylic acids is 4. The Morgan fingerprint density at radius 2 is 0.550 bits per heavy atom. The molecule has 0 saturated heterocycles. The quantitative estimate of drug-likeness (QED) is 0.233. The third-order valence-electron chi connectivity index (χ3n) is 1.61. The first-order chi connectivity index (χ1) is 8.93.